The zero-order valence-corrected chi connectivity index (χ0v) is 13.3. The Morgan fingerprint density at radius 1 is 1.17 bits per heavy atom. The Labute approximate surface area is 135 Å². The number of carbonyl (C=O) groups excluding carboxylic acids is 2. The fourth-order valence-corrected chi connectivity index (χ4v) is 2.37. The maximum Gasteiger partial charge on any atom is 0.251 e. The molecule has 0 saturated carbocycles. The van der Waals surface area contributed by atoms with Crippen LogP contribution < -0.4 is 11.1 Å². The van der Waals surface area contributed by atoms with Crippen LogP contribution in [-0.4, -0.2) is 17.0 Å². The summed E-state index contributed by atoms with van der Waals surface area (Å²) in [6.45, 7) is 4.49. The van der Waals surface area contributed by atoms with Crippen LogP contribution in [0.1, 0.15) is 64.8 Å². The number of aromatic nitrogens is 1. The van der Waals surface area contributed by atoms with E-state index in [0.29, 0.717) is 22.8 Å². The average Bonchev–Trinajstić information content (AvgIpc) is 3.02. The van der Waals surface area contributed by atoms with Crippen molar-refractivity contribution in [1.29, 1.82) is 0 Å². The van der Waals surface area contributed by atoms with Gasteiger partial charge in [0.2, 0.25) is 5.91 Å². The molecule has 0 atom stereocenters. The van der Waals surface area contributed by atoms with Crippen molar-refractivity contribution in [3.05, 3.63) is 52.9 Å². The molecule has 0 spiro atoms. The number of hydrogen-bond donors (Lipinski definition) is 2. The Morgan fingerprint density at radius 2 is 1.78 bits per heavy atom. The lowest BCUT2D eigenvalue weighted by Crippen LogP contribution is -2.22. The van der Waals surface area contributed by atoms with E-state index in [1.54, 1.807) is 12.1 Å². The zero-order valence-electron chi connectivity index (χ0n) is 13.3. The summed E-state index contributed by atoms with van der Waals surface area (Å²) in [6, 6.07) is 8.05. The second-order valence-corrected chi connectivity index (χ2v) is 5.36. The summed E-state index contributed by atoms with van der Waals surface area (Å²) in [7, 11) is 0. The Morgan fingerprint density at radius 3 is 2.35 bits per heavy atom. The molecule has 2 amide bonds. The number of hydrogen-bond acceptors (Lipinski definition) is 4. The summed E-state index contributed by atoms with van der Waals surface area (Å²) in [6.07, 6.45) is 2.00. The number of rotatable bonds is 7. The summed E-state index contributed by atoms with van der Waals surface area (Å²) in [4.78, 5) is 23.1. The maximum atomic E-state index is 12.1. The predicted molar refractivity (Wildman–Crippen MR) is 86.0 cm³/mol. The number of nitrogens with one attached hydrogen (secondary N) is 1. The molecular weight excluding hydrogens is 294 g/mol. The summed E-state index contributed by atoms with van der Waals surface area (Å²) in [5.41, 5.74) is 6.91. The highest BCUT2D eigenvalue weighted by atomic mass is 16.5. The van der Waals surface area contributed by atoms with E-state index in [1.807, 2.05) is 6.07 Å². The largest absolute Gasteiger partial charge is 0.366 e. The first-order chi connectivity index (χ1) is 11.0. The molecule has 2 aromatic rings. The highest BCUT2D eigenvalue weighted by molar-refractivity contribution is 5.97. The lowest BCUT2D eigenvalue weighted by atomic mass is 9.99. The smallest absolute Gasteiger partial charge is 0.251 e. The van der Waals surface area contributed by atoms with Crippen LogP contribution in [0.25, 0.3) is 0 Å². The topological polar surface area (TPSA) is 98.2 Å². The molecule has 6 nitrogen and oxygen atoms in total. The van der Waals surface area contributed by atoms with Crippen LogP contribution in [0.4, 0.5) is 0 Å². The molecule has 122 valence electrons. The first kappa shape index (κ1) is 16.7. The van der Waals surface area contributed by atoms with E-state index in [1.165, 1.54) is 12.1 Å². The van der Waals surface area contributed by atoms with Gasteiger partial charge in [-0.05, 0) is 37.1 Å². The molecule has 1 aromatic heterocycles. The van der Waals surface area contributed by atoms with Crippen molar-refractivity contribution in [2.45, 2.75) is 39.2 Å². The number of amides is 2. The van der Waals surface area contributed by atoms with Crippen LogP contribution >= 0.6 is 0 Å². The Kier molecular flexibility index (Phi) is 5.51. The first-order valence-electron chi connectivity index (χ1n) is 7.68. The van der Waals surface area contributed by atoms with Gasteiger partial charge in [0.05, 0.1) is 12.2 Å². The summed E-state index contributed by atoms with van der Waals surface area (Å²) >= 11 is 0. The van der Waals surface area contributed by atoms with E-state index in [9.17, 15) is 9.59 Å². The third-order valence-corrected chi connectivity index (χ3v) is 3.84. The van der Waals surface area contributed by atoms with Gasteiger partial charge in [-0.15, -0.1) is 0 Å². The minimum atomic E-state index is -0.521. The SMILES string of the molecule is CCC(CC)c1cc(CNC(=O)c2ccc(C(N)=O)cc2)on1. The maximum absolute atomic E-state index is 12.1. The first-order valence-corrected chi connectivity index (χ1v) is 7.68. The van der Waals surface area contributed by atoms with Crippen molar-refractivity contribution in [3.8, 4) is 0 Å². The van der Waals surface area contributed by atoms with E-state index in [-0.39, 0.29) is 12.5 Å². The molecule has 23 heavy (non-hydrogen) atoms. The molecule has 1 aromatic carbocycles. The summed E-state index contributed by atoms with van der Waals surface area (Å²) < 4.78 is 5.26. The number of nitrogens with two attached hydrogens (primary N) is 1. The predicted octanol–water partition coefficient (Wildman–Crippen LogP) is 2.61. The zero-order chi connectivity index (χ0) is 16.8. The lowest BCUT2D eigenvalue weighted by Gasteiger charge is -2.06. The quantitative estimate of drug-likeness (QED) is 0.820. The van der Waals surface area contributed by atoms with Crippen molar-refractivity contribution < 1.29 is 14.1 Å². The van der Waals surface area contributed by atoms with Gasteiger partial charge >= 0.3 is 0 Å². The summed E-state index contributed by atoms with van der Waals surface area (Å²) in [5.74, 6) is 0.229. The van der Waals surface area contributed by atoms with Gasteiger partial charge in [-0.25, -0.2) is 0 Å². The Balaban J connectivity index is 1.95. The van der Waals surface area contributed by atoms with E-state index >= 15 is 0 Å². The third-order valence-electron chi connectivity index (χ3n) is 3.84. The normalized spacial score (nSPS) is 10.7. The molecule has 0 aliphatic heterocycles. The minimum absolute atomic E-state index is 0.249. The standard InChI is InChI=1S/C17H21N3O3/c1-3-11(4-2)15-9-14(23-20-15)10-19-17(22)13-7-5-12(6-8-13)16(18)21/h5-9,11H,3-4,10H2,1-2H3,(H2,18,21)(H,19,22). The van der Waals surface area contributed by atoms with E-state index in [4.69, 9.17) is 10.3 Å². The molecule has 3 N–H and O–H groups in total. The van der Waals surface area contributed by atoms with Gasteiger partial charge in [-0.1, -0.05) is 19.0 Å². The fourth-order valence-electron chi connectivity index (χ4n) is 2.37. The monoisotopic (exact) mass is 315 g/mol. The van der Waals surface area contributed by atoms with Gasteiger partial charge < -0.3 is 15.6 Å². The van der Waals surface area contributed by atoms with Crippen LogP contribution in [0.15, 0.2) is 34.9 Å². The molecule has 6 heteroatoms. The molecule has 0 fully saturated rings. The molecule has 2 rings (SSSR count). The third kappa shape index (κ3) is 4.18. The molecule has 0 unspecified atom stereocenters. The average molecular weight is 315 g/mol. The highest BCUT2D eigenvalue weighted by Crippen LogP contribution is 2.22. The van der Waals surface area contributed by atoms with Crippen molar-refractivity contribution in [2.24, 2.45) is 5.73 Å². The van der Waals surface area contributed by atoms with Gasteiger partial charge in [-0.2, -0.15) is 0 Å². The number of benzene rings is 1. The van der Waals surface area contributed by atoms with Crippen molar-refractivity contribution >= 4 is 11.8 Å². The molecule has 0 aliphatic rings. The fraction of sp³-hybridized carbons (Fsp3) is 0.353. The van der Waals surface area contributed by atoms with Crippen molar-refractivity contribution in [2.75, 3.05) is 0 Å². The second kappa shape index (κ2) is 7.58. The van der Waals surface area contributed by atoms with Crippen LogP contribution in [0.3, 0.4) is 0 Å². The molecule has 0 radical (unpaired) electrons. The molecule has 0 saturated heterocycles. The van der Waals surface area contributed by atoms with Crippen molar-refractivity contribution in [1.82, 2.24) is 10.5 Å². The molecule has 1 heterocycles. The van der Waals surface area contributed by atoms with Crippen LogP contribution in [0.2, 0.25) is 0 Å². The van der Waals surface area contributed by atoms with Gasteiger partial charge in [0.15, 0.2) is 5.76 Å². The number of primary amides is 1. The van der Waals surface area contributed by atoms with Gasteiger partial charge in [0.25, 0.3) is 5.91 Å². The van der Waals surface area contributed by atoms with Gasteiger partial charge in [0.1, 0.15) is 0 Å². The van der Waals surface area contributed by atoms with E-state index in [0.717, 1.165) is 18.5 Å². The number of nitrogens with zero attached hydrogens (tertiary/aromatic N) is 1. The Bertz CT molecular complexity index is 673. The second-order valence-electron chi connectivity index (χ2n) is 5.36. The van der Waals surface area contributed by atoms with Crippen LogP contribution in [-0.2, 0) is 6.54 Å². The summed E-state index contributed by atoms with van der Waals surface area (Å²) in [5, 5.41) is 6.83. The van der Waals surface area contributed by atoms with E-state index in [2.05, 4.69) is 24.3 Å². The van der Waals surface area contributed by atoms with Gasteiger partial charge in [0, 0.05) is 23.1 Å². The van der Waals surface area contributed by atoms with Crippen molar-refractivity contribution in [3.63, 3.8) is 0 Å². The molecular formula is C17H21N3O3. The lowest BCUT2D eigenvalue weighted by molar-refractivity contribution is 0.0944. The minimum Gasteiger partial charge on any atom is -0.366 e. The van der Waals surface area contributed by atoms with Gasteiger partial charge in [-0.3, -0.25) is 9.59 Å². The highest BCUT2D eigenvalue weighted by Gasteiger charge is 2.14. The Hall–Kier alpha value is -2.63. The van der Waals surface area contributed by atoms with E-state index < -0.39 is 5.91 Å². The van der Waals surface area contributed by atoms with Crippen LogP contribution in [0.5, 0.6) is 0 Å². The number of carbonyl (C=O) groups is 2. The van der Waals surface area contributed by atoms with Crippen LogP contribution in [0, 0.1) is 0 Å². The molecule has 0 bridgehead atoms. The molecule has 0 aliphatic carbocycles.